The van der Waals surface area contributed by atoms with Crippen molar-refractivity contribution in [3.63, 3.8) is 0 Å². The molecule has 0 atom stereocenters. The molecular formula is C15H24ClN3. The molecule has 0 N–H and O–H groups in total. The highest BCUT2D eigenvalue weighted by atomic mass is 35.5. The van der Waals surface area contributed by atoms with Gasteiger partial charge >= 0.3 is 0 Å². The van der Waals surface area contributed by atoms with Crippen molar-refractivity contribution in [1.82, 2.24) is 9.97 Å². The number of nitrogens with zero attached hydrogens (tertiary/aromatic N) is 3. The molecule has 106 valence electrons. The quantitative estimate of drug-likeness (QED) is 0.785. The number of rotatable bonds is 3. The third-order valence-corrected chi connectivity index (χ3v) is 4.22. The van der Waals surface area contributed by atoms with Gasteiger partial charge in [0.15, 0.2) is 0 Å². The molecular weight excluding hydrogens is 258 g/mol. The molecule has 0 aromatic carbocycles. The summed E-state index contributed by atoms with van der Waals surface area (Å²) in [4.78, 5) is 11.4. The van der Waals surface area contributed by atoms with E-state index < -0.39 is 0 Å². The predicted octanol–water partition coefficient (Wildman–Crippen LogP) is 3.97. The zero-order chi connectivity index (χ0) is 14.2. The van der Waals surface area contributed by atoms with Crippen LogP contribution in [0.3, 0.4) is 0 Å². The molecule has 1 aromatic rings. The third kappa shape index (κ3) is 3.19. The van der Waals surface area contributed by atoms with Crippen molar-refractivity contribution < 1.29 is 0 Å². The Labute approximate surface area is 121 Å². The van der Waals surface area contributed by atoms with Crippen LogP contribution in [-0.2, 0) is 5.41 Å². The largest absolute Gasteiger partial charge is 0.359 e. The highest BCUT2D eigenvalue weighted by Gasteiger charge is 2.24. The minimum Gasteiger partial charge on any atom is -0.359 e. The molecule has 19 heavy (non-hydrogen) atoms. The van der Waals surface area contributed by atoms with E-state index in [9.17, 15) is 0 Å². The van der Waals surface area contributed by atoms with Crippen molar-refractivity contribution >= 4 is 17.4 Å². The Hall–Kier alpha value is -0.830. The smallest absolute Gasteiger partial charge is 0.137 e. The minimum atomic E-state index is -0.0800. The lowest BCUT2D eigenvalue weighted by Crippen LogP contribution is -2.31. The average molecular weight is 282 g/mol. The fourth-order valence-corrected chi connectivity index (χ4v) is 2.50. The van der Waals surface area contributed by atoms with Gasteiger partial charge in [0.2, 0.25) is 0 Å². The Balaban J connectivity index is 2.29. The Morgan fingerprint density at radius 1 is 1.26 bits per heavy atom. The van der Waals surface area contributed by atoms with Crippen LogP contribution in [0.4, 0.5) is 5.82 Å². The van der Waals surface area contributed by atoms with E-state index in [1.54, 1.807) is 0 Å². The standard InChI is InChI=1S/C15H24ClN3/c1-10-12(16)17-14(15(2,3)4)18-13(10)19(5)9-11-7-6-8-11/h11H,6-9H2,1-5H3. The Morgan fingerprint density at radius 3 is 2.37 bits per heavy atom. The van der Waals surface area contributed by atoms with Crippen LogP contribution in [0.25, 0.3) is 0 Å². The van der Waals surface area contributed by atoms with Gasteiger partial charge in [0.25, 0.3) is 0 Å². The number of halogens is 1. The minimum absolute atomic E-state index is 0.0800. The molecule has 1 aliphatic rings. The van der Waals surface area contributed by atoms with Gasteiger partial charge in [0, 0.05) is 24.6 Å². The first-order chi connectivity index (χ1) is 8.79. The van der Waals surface area contributed by atoms with Crippen LogP contribution in [0, 0.1) is 12.8 Å². The average Bonchev–Trinajstić information content (AvgIpc) is 2.25. The summed E-state index contributed by atoms with van der Waals surface area (Å²) in [6.07, 6.45) is 4.05. The van der Waals surface area contributed by atoms with Gasteiger partial charge in [-0.2, -0.15) is 0 Å². The van der Waals surface area contributed by atoms with Gasteiger partial charge in [-0.1, -0.05) is 38.8 Å². The molecule has 4 heteroatoms. The van der Waals surface area contributed by atoms with Crippen molar-refractivity contribution in [3.05, 3.63) is 16.5 Å². The zero-order valence-corrected chi connectivity index (χ0v) is 13.4. The summed E-state index contributed by atoms with van der Waals surface area (Å²) in [5.74, 6) is 2.62. The fraction of sp³-hybridized carbons (Fsp3) is 0.733. The molecule has 1 fully saturated rings. The van der Waals surface area contributed by atoms with E-state index in [0.29, 0.717) is 5.15 Å². The summed E-state index contributed by atoms with van der Waals surface area (Å²) >= 11 is 6.28. The highest BCUT2D eigenvalue weighted by molar-refractivity contribution is 6.30. The van der Waals surface area contributed by atoms with E-state index >= 15 is 0 Å². The van der Waals surface area contributed by atoms with E-state index in [2.05, 4.69) is 37.7 Å². The fourth-order valence-electron chi connectivity index (χ4n) is 2.33. The van der Waals surface area contributed by atoms with Gasteiger partial charge in [-0.3, -0.25) is 0 Å². The van der Waals surface area contributed by atoms with Gasteiger partial charge in [-0.25, -0.2) is 9.97 Å². The lowest BCUT2D eigenvalue weighted by Gasteiger charge is -2.32. The first kappa shape index (κ1) is 14.6. The molecule has 0 spiro atoms. The molecule has 1 saturated carbocycles. The monoisotopic (exact) mass is 281 g/mol. The molecule has 0 radical (unpaired) electrons. The summed E-state index contributed by atoms with van der Waals surface area (Å²) in [6, 6.07) is 0. The van der Waals surface area contributed by atoms with E-state index in [-0.39, 0.29) is 5.41 Å². The van der Waals surface area contributed by atoms with Crippen LogP contribution in [0.2, 0.25) is 5.15 Å². The molecule has 3 nitrogen and oxygen atoms in total. The molecule has 0 unspecified atom stereocenters. The maximum atomic E-state index is 6.28. The maximum absolute atomic E-state index is 6.28. The second-order valence-corrected chi connectivity index (χ2v) is 7.07. The van der Waals surface area contributed by atoms with Crippen molar-refractivity contribution in [2.75, 3.05) is 18.5 Å². The van der Waals surface area contributed by atoms with Crippen LogP contribution in [0.5, 0.6) is 0 Å². The van der Waals surface area contributed by atoms with Crippen LogP contribution >= 0.6 is 11.6 Å². The summed E-state index contributed by atoms with van der Waals surface area (Å²) in [6.45, 7) is 9.41. The Bertz CT molecular complexity index is 461. The second-order valence-electron chi connectivity index (χ2n) is 6.71. The Morgan fingerprint density at radius 2 is 1.89 bits per heavy atom. The van der Waals surface area contributed by atoms with Crippen LogP contribution in [0.1, 0.15) is 51.4 Å². The first-order valence-corrected chi connectivity index (χ1v) is 7.42. The molecule has 2 rings (SSSR count). The second kappa shape index (κ2) is 5.28. The number of anilines is 1. The van der Waals surface area contributed by atoms with Crippen molar-refractivity contribution in [3.8, 4) is 0 Å². The highest BCUT2D eigenvalue weighted by Crippen LogP contribution is 2.31. The van der Waals surface area contributed by atoms with Gasteiger partial charge in [-0.15, -0.1) is 0 Å². The molecule has 0 saturated heterocycles. The molecule has 0 amide bonds. The third-order valence-electron chi connectivity index (χ3n) is 3.85. The van der Waals surface area contributed by atoms with E-state index in [1.807, 2.05) is 6.92 Å². The van der Waals surface area contributed by atoms with E-state index in [4.69, 9.17) is 16.6 Å². The van der Waals surface area contributed by atoms with E-state index in [0.717, 1.165) is 29.7 Å². The summed E-state index contributed by atoms with van der Waals surface area (Å²) < 4.78 is 0. The van der Waals surface area contributed by atoms with Crippen molar-refractivity contribution in [1.29, 1.82) is 0 Å². The lowest BCUT2D eigenvalue weighted by atomic mass is 9.85. The molecule has 1 heterocycles. The Kier molecular flexibility index (Phi) is 4.05. The zero-order valence-electron chi connectivity index (χ0n) is 12.6. The van der Waals surface area contributed by atoms with Gasteiger partial charge in [0.1, 0.15) is 16.8 Å². The molecule has 0 aliphatic heterocycles. The van der Waals surface area contributed by atoms with Gasteiger partial charge < -0.3 is 4.90 Å². The first-order valence-electron chi connectivity index (χ1n) is 7.05. The molecule has 1 aliphatic carbocycles. The molecule has 1 aromatic heterocycles. The number of hydrogen-bond donors (Lipinski definition) is 0. The predicted molar refractivity (Wildman–Crippen MR) is 81.1 cm³/mol. The van der Waals surface area contributed by atoms with Gasteiger partial charge in [-0.05, 0) is 25.7 Å². The SMILES string of the molecule is Cc1c(Cl)nc(C(C)(C)C)nc1N(C)CC1CCC1. The summed E-state index contributed by atoms with van der Waals surface area (Å²) in [5, 5.41) is 0.579. The van der Waals surface area contributed by atoms with Crippen LogP contribution in [0.15, 0.2) is 0 Å². The maximum Gasteiger partial charge on any atom is 0.137 e. The molecule has 0 bridgehead atoms. The van der Waals surface area contributed by atoms with E-state index in [1.165, 1.54) is 19.3 Å². The lowest BCUT2D eigenvalue weighted by molar-refractivity contribution is 0.320. The number of hydrogen-bond acceptors (Lipinski definition) is 3. The van der Waals surface area contributed by atoms with Crippen LogP contribution < -0.4 is 4.90 Å². The summed E-state index contributed by atoms with van der Waals surface area (Å²) in [7, 11) is 2.11. The topological polar surface area (TPSA) is 29.0 Å². The van der Waals surface area contributed by atoms with Crippen molar-refractivity contribution in [2.24, 2.45) is 5.92 Å². The van der Waals surface area contributed by atoms with Crippen LogP contribution in [-0.4, -0.2) is 23.6 Å². The number of aromatic nitrogens is 2. The normalized spacial score (nSPS) is 16.3. The van der Waals surface area contributed by atoms with Crippen molar-refractivity contribution in [2.45, 2.75) is 52.4 Å². The van der Waals surface area contributed by atoms with Gasteiger partial charge in [0.05, 0.1) is 0 Å². The summed E-state index contributed by atoms with van der Waals surface area (Å²) in [5.41, 5.74) is 0.903.